The highest BCUT2D eigenvalue weighted by atomic mass is 35.5. The monoisotopic (exact) mass is 806 g/mol. The van der Waals surface area contributed by atoms with Crippen LogP contribution in [0.5, 0.6) is 11.5 Å². The molecule has 0 unspecified atom stereocenters. The van der Waals surface area contributed by atoms with E-state index < -0.39 is 12.3 Å². The summed E-state index contributed by atoms with van der Waals surface area (Å²) in [7, 11) is 5.13. The van der Waals surface area contributed by atoms with E-state index in [0.717, 1.165) is 56.7 Å². The van der Waals surface area contributed by atoms with Crippen LogP contribution in [-0.2, 0) is 4.74 Å². The molecular formula is C41H40Cl2N10O4. The molecule has 16 heteroatoms. The van der Waals surface area contributed by atoms with Crippen LogP contribution < -0.4 is 20.1 Å². The molecule has 6 aromatic rings. The summed E-state index contributed by atoms with van der Waals surface area (Å²) in [5.41, 5.74) is 6.87. The van der Waals surface area contributed by atoms with Crippen molar-refractivity contribution in [1.82, 2.24) is 40.2 Å². The normalized spacial score (nSPS) is 15.3. The average Bonchev–Trinajstić information content (AvgIpc) is 3.70. The van der Waals surface area contributed by atoms with Gasteiger partial charge in [-0.2, -0.15) is 0 Å². The van der Waals surface area contributed by atoms with E-state index in [9.17, 15) is 4.79 Å². The summed E-state index contributed by atoms with van der Waals surface area (Å²) in [6, 6.07) is 26.6. The maximum absolute atomic E-state index is 12.4. The molecular weight excluding hydrogens is 767 g/mol. The summed E-state index contributed by atoms with van der Waals surface area (Å²) >= 11 is 12.2. The Morgan fingerprint density at radius 1 is 0.667 bits per heavy atom. The number of nitrogens with zero attached hydrogens (tertiary/aromatic N) is 8. The molecule has 14 nitrogen and oxygen atoms in total. The minimum absolute atomic E-state index is 0.272. The third-order valence-corrected chi connectivity index (χ3v) is 9.71. The minimum atomic E-state index is -0.809. The largest absolute Gasteiger partial charge is 0.497 e. The standard InChI is InChI=1S/C22H22ClN5O3.C19H18ClN5O/c1-12(2)31-22(29)25-20-21-27-26-13(3)28(21)18-10-9-16(30-4)11-17(18)19(24-20)14-5-7-15(23)8-6-14;1-11-23-24-19-18(21-2)22-17(12-4-6-13(20)7-5-12)15-10-14(26-3)8-9-16(15)25(11)19/h5-12,20H,1-4H3,(H,25,29);4-10,18,21H,1-3H3/t20-;18-/m01/s1. The fraction of sp³-hybridized carbons (Fsp3) is 0.244. The van der Waals surface area contributed by atoms with Gasteiger partial charge in [0, 0.05) is 32.3 Å². The molecule has 0 saturated heterocycles. The van der Waals surface area contributed by atoms with E-state index in [4.69, 9.17) is 47.4 Å². The Bertz CT molecular complexity index is 2490. The Morgan fingerprint density at radius 2 is 1.11 bits per heavy atom. The fourth-order valence-electron chi connectivity index (χ4n) is 6.60. The third kappa shape index (κ3) is 7.97. The van der Waals surface area contributed by atoms with Gasteiger partial charge in [-0.3, -0.25) is 29.8 Å². The first-order valence-corrected chi connectivity index (χ1v) is 18.8. The number of halogens is 2. The summed E-state index contributed by atoms with van der Waals surface area (Å²) in [4.78, 5) is 22.2. The van der Waals surface area contributed by atoms with Gasteiger partial charge < -0.3 is 14.2 Å². The summed E-state index contributed by atoms with van der Waals surface area (Å²) in [5, 5.41) is 24.4. The predicted octanol–water partition coefficient (Wildman–Crippen LogP) is 7.53. The number of amides is 1. The van der Waals surface area contributed by atoms with Crippen molar-refractivity contribution < 1.29 is 19.0 Å². The van der Waals surface area contributed by atoms with Crippen LogP contribution in [0.1, 0.15) is 71.7 Å². The number of carbonyl (C=O) groups is 1. The molecule has 0 radical (unpaired) electrons. The van der Waals surface area contributed by atoms with Gasteiger partial charge in [-0.1, -0.05) is 47.5 Å². The molecule has 0 bridgehead atoms. The fourth-order valence-corrected chi connectivity index (χ4v) is 6.85. The van der Waals surface area contributed by atoms with Gasteiger partial charge in [-0.25, -0.2) is 4.79 Å². The Labute approximate surface area is 339 Å². The van der Waals surface area contributed by atoms with Crippen molar-refractivity contribution in [2.45, 2.75) is 46.1 Å². The molecule has 0 spiro atoms. The molecule has 2 aliphatic heterocycles. The SMILES string of the molecule is CN[C@@H]1N=C(c2ccc(Cl)cc2)c2cc(OC)ccc2-n2c(C)nnc21.COc1ccc2c(c1)C(c1ccc(Cl)cc1)=N[C@@H](NC(=O)OC(C)C)c1nnc(C)n1-2. The molecule has 1 amide bonds. The van der Waals surface area contributed by atoms with Crippen LogP contribution in [0.4, 0.5) is 4.79 Å². The number of nitrogens with one attached hydrogen (secondary N) is 2. The second-order valence-corrected chi connectivity index (χ2v) is 14.2. The zero-order valence-corrected chi connectivity index (χ0v) is 33.8. The predicted molar refractivity (Wildman–Crippen MR) is 219 cm³/mol. The van der Waals surface area contributed by atoms with Crippen molar-refractivity contribution in [2.75, 3.05) is 21.3 Å². The van der Waals surface area contributed by atoms with Gasteiger partial charge in [0.25, 0.3) is 0 Å². The molecule has 2 atom stereocenters. The average molecular weight is 808 g/mol. The van der Waals surface area contributed by atoms with Crippen LogP contribution in [-0.4, -0.2) is 74.4 Å². The number of aliphatic imine (C=N–C) groups is 2. The van der Waals surface area contributed by atoms with E-state index in [2.05, 4.69) is 31.0 Å². The molecule has 0 saturated carbocycles. The Hall–Kier alpha value is -6.09. The van der Waals surface area contributed by atoms with Crippen molar-refractivity contribution in [3.63, 3.8) is 0 Å². The van der Waals surface area contributed by atoms with Gasteiger partial charge in [0.1, 0.15) is 23.1 Å². The number of aryl methyl sites for hydroxylation is 2. The molecule has 8 rings (SSSR count). The first kappa shape index (κ1) is 39.2. The van der Waals surface area contributed by atoms with Gasteiger partial charge >= 0.3 is 6.09 Å². The molecule has 2 aliphatic rings. The van der Waals surface area contributed by atoms with Gasteiger partial charge in [0.15, 0.2) is 24.0 Å². The van der Waals surface area contributed by atoms with E-state index in [1.165, 1.54) is 0 Å². The van der Waals surface area contributed by atoms with E-state index in [0.29, 0.717) is 33.2 Å². The highest BCUT2D eigenvalue weighted by molar-refractivity contribution is 6.31. The molecule has 0 fully saturated rings. The maximum Gasteiger partial charge on any atom is 0.409 e. The lowest BCUT2D eigenvalue weighted by molar-refractivity contribution is 0.112. The highest BCUT2D eigenvalue weighted by Gasteiger charge is 2.31. The minimum Gasteiger partial charge on any atom is -0.497 e. The zero-order chi connectivity index (χ0) is 40.4. The number of methoxy groups -OCH3 is 2. The quantitative estimate of drug-likeness (QED) is 0.167. The van der Waals surface area contributed by atoms with Crippen LogP contribution in [0.25, 0.3) is 11.4 Å². The number of alkyl carbamates (subject to hydrolysis) is 1. The number of rotatable bonds is 7. The molecule has 292 valence electrons. The van der Waals surface area contributed by atoms with Crippen LogP contribution >= 0.6 is 23.2 Å². The zero-order valence-electron chi connectivity index (χ0n) is 32.3. The number of benzene rings is 4. The highest BCUT2D eigenvalue weighted by Crippen LogP contribution is 2.34. The Morgan fingerprint density at radius 3 is 1.53 bits per heavy atom. The topological polar surface area (TPSA) is 155 Å². The molecule has 4 aromatic carbocycles. The Kier molecular flexibility index (Phi) is 11.4. The molecule has 57 heavy (non-hydrogen) atoms. The smallest absolute Gasteiger partial charge is 0.409 e. The van der Waals surface area contributed by atoms with Crippen LogP contribution in [0, 0.1) is 13.8 Å². The van der Waals surface area contributed by atoms with E-state index in [1.807, 2.05) is 103 Å². The Balaban J connectivity index is 0.000000177. The van der Waals surface area contributed by atoms with Gasteiger partial charge in [-0.05, 0) is 95.4 Å². The number of ether oxygens (including phenoxy) is 3. The lowest BCUT2D eigenvalue weighted by Crippen LogP contribution is -2.31. The second kappa shape index (κ2) is 16.6. The van der Waals surface area contributed by atoms with E-state index >= 15 is 0 Å². The third-order valence-electron chi connectivity index (χ3n) is 9.21. The second-order valence-electron chi connectivity index (χ2n) is 13.3. The molecule has 2 aromatic heterocycles. The molecule has 0 aliphatic carbocycles. The van der Waals surface area contributed by atoms with Gasteiger partial charge in [-0.15, -0.1) is 20.4 Å². The number of carbonyl (C=O) groups excluding carboxylic acids is 1. The first-order valence-electron chi connectivity index (χ1n) is 18.0. The van der Waals surface area contributed by atoms with Crippen LogP contribution in [0.15, 0.2) is 94.9 Å². The van der Waals surface area contributed by atoms with Crippen molar-refractivity contribution in [3.8, 4) is 22.9 Å². The van der Waals surface area contributed by atoms with Crippen molar-refractivity contribution in [3.05, 3.63) is 141 Å². The summed E-state index contributed by atoms with van der Waals surface area (Å²) < 4.78 is 20.1. The van der Waals surface area contributed by atoms with E-state index in [-0.39, 0.29) is 12.3 Å². The molecule has 2 N–H and O–H groups in total. The van der Waals surface area contributed by atoms with Gasteiger partial charge in [0.05, 0.1) is 43.1 Å². The van der Waals surface area contributed by atoms with Crippen LogP contribution in [0.3, 0.4) is 0 Å². The number of fused-ring (bicyclic) bond motifs is 6. The number of aromatic nitrogens is 6. The first-order chi connectivity index (χ1) is 27.5. The van der Waals surface area contributed by atoms with Gasteiger partial charge in [0.2, 0.25) is 0 Å². The lowest BCUT2D eigenvalue weighted by Gasteiger charge is -2.15. The summed E-state index contributed by atoms with van der Waals surface area (Å²) in [6.07, 6.45) is -1.99. The maximum atomic E-state index is 12.4. The summed E-state index contributed by atoms with van der Waals surface area (Å²) in [5.74, 6) is 4.14. The van der Waals surface area contributed by atoms with Crippen molar-refractivity contribution in [1.29, 1.82) is 0 Å². The van der Waals surface area contributed by atoms with Crippen LogP contribution in [0.2, 0.25) is 10.0 Å². The van der Waals surface area contributed by atoms with Crippen molar-refractivity contribution in [2.24, 2.45) is 9.98 Å². The number of hydrogen-bond acceptors (Lipinski definition) is 11. The molecule has 4 heterocycles. The summed E-state index contributed by atoms with van der Waals surface area (Å²) in [6.45, 7) is 7.35. The number of hydrogen-bond donors (Lipinski definition) is 2. The van der Waals surface area contributed by atoms with Crippen molar-refractivity contribution >= 4 is 40.7 Å². The van der Waals surface area contributed by atoms with E-state index in [1.54, 1.807) is 40.2 Å². The lowest BCUT2D eigenvalue weighted by atomic mass is 10.00.